The number of methoxy groups -OCH3 is 3. The average Bonchev–Trinajstić information content (AvgIpc) is 3.02. The molecule has 0 saturated heterocycles. The van der Waals surface area contributed by atoms with Crippen LogP contribution in [0.4, 0.5) is 0 Å². The zero-order chi connectivity index (χ0) is 23.5. The van der Waals surface area contributed by atoms with E-state index in [0.29, 0.717) is 22.1 Å². The summed E-state index contributed by atoms with van der Waals surface area (Å²) < 4.78 is 43.8. The molecule has 8 heteroatoms. The van der Waals surface area contributed by atoms with Crippen molar-refractivity contribution >= 4 is 10.2 Å². The zero-order valence-corrected chi connectivity index (χ0v) is 20.2. The Morgan fingerprint density at radius 3 is 1.97 bits per heavy atom. The van der Waals surface area contributed by atoms with Crippen molar-refractivity contribution in [1.29, 1.82) is 0 Å². The Morgan fingerprint density at radius 2 is 1.50 bits per heavy atom. The van der Waals surface area contributed by atoms with Crippen molar-refractivity contribution < 1.29 is 23.0 Å². The fourth-order valence-corrected chi connectivity index (χ4v) is 5.25. The first-order valence-corrected chi connectivity index (χ1v) is 11.9. The van der Waals surface area contributed by atoms with Crippen molar-refractivity contribution in [2.45, 2.75) is 37.3 Å². The summed E-state index contributed by atoms with van der Waals surface area (Å²) in [6.45, 7) is 3.72. The maximum absolute atomic E-state index is 12.9. The highest BCUT2D eigenvalue weighted by molar-refractivity contribution is 7.96. The lowest BCUT2D eigenvalue weighted by atomic mass is 10.0. The molecule has 0 amide bonds. The molecule has 1 atom stereocenters. The molecule has 0 N–H and O–H groups in total. The van der Waals surface area contributed by atoms with Gasteiger partial charge in [0.05, 0.1) is 37.2 Å². The van der Waals surface area contributed by atoms with E-state index < -0.39 is 10.2 Å². The van der Waals surface area contributed by atoms with E-state index in [4.69, 9.17) is 14.2 Å². The maximum atomic E-state index is 12.9. The summed E-state index contributed by atoms with van der Waals surface area (Å²) in [4.78, 5) is 0.316. The van der Waals surface area contributed by atoms with Crippen LogP contribution in [0.25, 0.3) is 0 Å². The monoisotopic (exact) mass is 458 g/mol. The van der Waals surface area contributed by atoms with Crippen molar-refractivity contribution in [3.63, 3.8) is 0 Å². The molecule has 32 heavy (non-hydrogen) atoms. The Bertz CT molecular complexity index is 1110. The minimum atomic E-state index is -3.45. The van der Waals surface area contributed by atoms with Gasteiger partial charge in [-0.3, -0.25) is 4.68 Å². The largest absolute Gasteiger partial charge is 0.610 e. The molecule has 0 aliphatic carbocycles. The Kier molecular flexibility index (Phi) is 7.26. The van der Waals surface area contributed by atoms with E-state index in [-0.39, 0.29) is 5.75 Å². The number of ether oxygens (including phenoxy) is 3. The summed E-state index contributed by atoms with van der Waals surface area (Å²) in [7, 11) is 3.13. The van der Waals surface area contributed by atoms with Crippen molar-refractivity contribution in [2.75, 3.05) is 21.3 Å². The second kappa shape index (κ2) is 9.75. The van der Waals surface area contributed by atoms with Gasteiger partial charge in [-0.25, -0.2) is 0 Å². The molecule has 1 unspecified atom stereocenters. The van der Waals surface area contributed by atoms with Crippen LogP contribution in [0.2, 0.25) is 0 Å². The Morgan fingerprint density at radius 1 is 0.938 bits per heavy atom. The molecule has 1 aromatic heterocycles. The van der Waals surface area contributed by atoms with Crippen LogP contribution in [-0.4, -0.2) is 35.7 Å². The Hall–Kier alpha value is -2.84. The highest BCUT2D eigenvalue weighted by Gasteiger charge is 2.25. The van der Waals surface area contributed by atoms with Gasteiger partial charge in [0.15, 0.2) is 16.4 Å². The molecule has 0 bridgehead atoms. The van der Waals surface area contributed by atoms with E-state index in [0.717, 1.165) is 40.9 Å². The van der Waals surface area contributed by atoms with Crippen LogP contribution in [0.1, 0.15) is 28.1 Å². The highest BCUT2D eigenvalue weighted by Crippen LogP contribution is 2.38. The number of aryl methyl sites for hydroxylation is 4. The first-order valence-electron chi connectivity index (χ1n) is 10.3. The standard InChI is InChI=1S/C24H30N2O5S/c1-16-21(17(2)26(3)25-16)15-32(27,28)20-11-9-18(10-12-20)7-8-19-13-22(29-4)24(31-6)23(14-19)30-5/h9-14H,7-8,15H2,1-6H3. The number of hydrogen-bond donors (Lipinski definition) is 0. The second-order valence-corrected chi connectivity index (χ2v) is 9.70. The molecule has 3 aromatic rings. The van der Waals surface area contributed by atoms with Crippen LogP contribution in [0.5, 0.6) is 17.2 Å². The van der Waals surface area contributed by atoms with Gasteiger partial charge in [0.25, 0.3) is 0 Å². The van der Waals surface area contributed by atoms with Crippen LogP contribution in [0.15, 0.2) is 41.3 Å². The number of hydrogen-bond acceptors (Lipinski definition) is 6. The summed E-state index contributed by atoms with van der Waals surface area (Å²) in [5, 5.41) is 4.32. The lowest BCUT2D eigenvalue weighted by Gasteiger charge is -2.16. The van der Waals surface area contributed by atoms with Gasteiger partial charge in [-0.1, -0.05) is 12.1 Å². The average molecular weight is 459 g/mol. The van der Waals surface area contributed by atoms with Gasteiger partial charge in [0.1, 0.15) is 5.75 Å². The lowest BCUT2D eigenvalue weighted by Crippen LogP contribution is -2.14. The maximum Gasteiger partial charge on any atom is 0.203 e. The van der Waals surface area contributed by atoms with Gasteiger partial charge in [0.2, 0.25) is 5.75 Å². The fourth-order valence-electron chi connectivity index (χ4n) is 3.73. The molecule has 1 heterocycles. The minimum Gasteiger partial charge on any atom is -0.610 e. The summed E-state index contributed by atoms with van der Waals surface area (Å²) >= 11 is 0. The summed E-state index contributed by atoms with van der Waals surface area (Å²) in [5.74, 6) is 1.74. The van der Waals surface area contributed by atoms with Gasteiger partial charge < -0.3 is 18.8 Å². The van der Waals surface area contributed by atoms with E-state index in [1.54, 1.807) is 38.1 Å². The molecule has 0 radical (unpaired) electrons. The molecular formula is C24H30N2O5S. The third-order valence-corrected chi connectivity index (χ3v) is 7.36. The van der Waals surface area contributed by atoms with Crippen LogP contribution in [0, 0.1) is 13.8 Å². The van der Waals surface area contributed by atoms with Gasteiger partial charge in [-0.05, 0) is 62.1 Å². The first-order chi connectivity index (χ1) is 15.2. The molecule has 0 saturated carbocycles. The van der Waals surface area contributed by atoms with Crippen molar-refractivity contribution in [2.24, 2.45) is 7.05 Å². The minimum absolute atomic E-state index is 0.0523. The quantitative estimate of drug-likeness (QED) is 0.450. The molecular weight excluding hydrogens is 428 g/mol. The highest BCUT2D eigenvalue weighted by atomic mass is 32.3. The molecule has 2 aromatic carbocycles. The lowest BCUT2D eigenvalue weighted by molar-refractivity contribution is 0.324. The van der Waals surface area contributed by atoms with Gasteiger partial charge >= 0.3 is 0 Å². The summed E-state index contributed by atoms with van der Waals surface area (Å²) in [6, 6.07) is 11.0. The smallest absolute Gasteiger partial charge is 0.203 e. The SMILES string of the molecule is COc1cc(CCc2ccc([S+](=O)([O-])Cc3c(C)nn(C)c3C)cc2)cc(OC)c1OC. The molecule has 0 aliphatic rings. The Balaban J connectivity index is 1.73. The molecule has 0 spiro atoms. The number of benzene rings is 2. The van der Waals surface area contributed by atoms with Crippen LogP contribution < -0.4 is 14.2 Å². The number of nitrogens with zero attached hydrogens (tertiary/aromatic N) is 2. The van der Waals surface area contributed by atoms with Gasteiger partial charge in [0, 0.05) is 18.3 Å². The predicted molar refractivity (Wildman–Crippen MR) is 123 cm³/mol. The van der Waals surface area contributed by atoms with E-state index in [1.165, 1.54) is 0 Å². The van der Waals surface area contributed by atoms with Crippen LogP contribution >= 0.6 is 0 Å². The summed E-state index contributed by atoms with van der Waals surface area (Å²) in [5.41, 5.74) is 4.47. The number of aromatic nitrogens is 2. The third kappa shape index (κ3) is 4.97. The number of rotatable bonds is 9. The molecule has 0 aliphatic heterocycles. The van der Waals surface area contributed by atoms with Crippen LogP contribution in [-0.2, 0) is 40.1 Å². The van der Waals surface area contributed by atoms with Crippen molar-refractivity contribution in [1.82, 2.24) is 9.78 Å². The summed E-state index contributed by atoms with van der Waals surface area (Å²) in [6.07, 6.45) is 1.50. The molecule has 3 rings (SSSR count). The number of sulfone groups is 1. The zero-order valence-electron chi connectivity index (χ0n) is 19.4. The van der Waals surface area contributed by atoms with Gasteiger partial charge in [-0.2, -0.15) is 5.10 Å². The topological polar surface area (TPSA) is 85.6 Å². The predicted octanol–water partition coefficient (Wildman–Crippen LogP) is 4.04. The van der Waals surface area contributed by atoms with Crippen molar-refractivity contribution in [3.05, 3.63) is 64.5 Å². The molecule has 0 fully saturated rings. The fraction of sp³-hybridized carbons (Fsp3) is 0.375. The second-order valence-electron chi connectivity index (χ2n) is 7.71. The van der Waals surface area contributed by atoms with E-state index >= 15 is 0 Å². The van der Waals surface area contributed by atoms with E-state index in [1.807, 2.05) is 45.2 Å². The third-order valence-electron chi connectivity index (χ3n) is 5.70. The molecule has 7 nitrogen and oxygen atoms in total. The normalized spacial score (nSPS) is 13.0. The van der Waals surface area contributed by atoms with Gasteiger partial charge in [-0.15, -0.1) is 4.21 Å². The van der Waals surface area contributed by atoms with Crippen molar-refractivity contribution in [3.8, 4) is 17.2 Å². The first kappa shape index (κ1) is 23.8. The van der Waals surface area contributed by atoms with E-state index in [2.05, 4.69) is 5.10 Å². The molecule has 172 valence electrons. The van der Waals surface area contributed by atoms with E-state index in [9.17, 15) is 8.76 Å². The van der Waals surface area contributed by atoms with Crippen LogP contribution in [0.3, 0.4) is 0 Å². The Labute approximate surface area is 190 Å².